The number of nitrogens with one attached hydrogen (secondary N) is 1. The molecule has 1 aliphatic carbocycles. The highest BCUT2D eigenvalue weighted by atomic mass is 16.5. The highest BCUT2D eigenvalue weighted by molar-refractivity contribution is 6.11. The van der Waals surface area contributed by atoms with Crippen molar-refractivity contribution in [2.75, 3.05) is 31.1 Å². The van der Waals surface area contributed by atoms with E-state index in [1.54, 1.807) is 0 Å². The number of nitrogens with zero attached hydrogens (tertiary/aromatic N) is 2. The zero-order valence-electron chi connectivity index (χ0n) is 19.9. The molecule has 5 heteroatoms. The molecular formula is C27H37N3O2. The third-order valence-corrected chi connectivity index (χ3v) is 6.63. The summed E-state index contributed by atoms with van der Waals surface area (Å²) in [6.45, 7) is 10.2. The van der Waals surface area contributed by atoms with E-state index in [0.717, 1.165) is 81.2 Å². The predicted octanol–water partition coefficient (Wildman–Crippen LogP) is 5.51. The number of Topliss-reactive ketones (excluding diaryl/α,β-unsaturated/α-hetero) is 1. The van der Waals surface area contributed by atoms with Gasteiger partial charge in [0.15, 0.2) is 5.75 Å². The number of hydrogen-bond acceptors (Lipinski definition) is 5. The number of anilines is 1. The Balaban J connectivity index is 1.31. The van der Waals surface area contributed by atoms with E-state index < -0.39 is 0 Å². The van der Waals surface area contributed by atoms with Gasteiger partial charge in [-0.1, -0.05) is 19.4 Å². The molecule has 172 valence electrons. The summed E-state index contributed by atoms with van der Waals surface area (Å²) in [6, 6.07) is 4.42. The molecule has 0 unspecified atom stereocenters. The monoisotopic (exact) mass is 435 g/mol. The van der Waals surface area contributed by atoms with Crippen LogP contribution in [0.15, 0.2) is 40.6 Å². The van der Waals surface area contributed by atoms with Crippen molar-refractivity contribution in [1.82, 2.24) is 5.32 Å². The summed E-state index contributed by atoms with van der Waals surface area (Å²) in [5, 5.41) is 3.47. The van der Waals surface area contributed by atoms with E-state index in [1.807, 2.05) is 13.8 Å². The molecule has 0 saturated heterocycles. The van der Waals surface area contributed by atoms with Gasteiger partial charge in [-0.2, -0.15) is 0 Å². The molecule has 1 aromatic rings. The number of carbonyl (C=O) groups excluding carboxylic acids is 1. The molecule has 0 fully saturated rings. The highest BCUT2D eigenvalue weighted by Crippen LogP contribution is 2.42. The van der Waals surface area contributed by atoms with Gasteiger partial charge in [-0.25, -0.2) is 4.99 Å². The standard InChI is InChI=1S/C27H37N3O2/c1-4-30-15-7-9-21-17-23-27(18-24(21)30)32-26-12-11-20(16-22(26)29-23)8-5-13-28-14-6-10-25(31)19(2)3/h12,16-19,28H,4-11,13-15H2,1-3H3. The maximum atomic E-state index is 11.7. The number of fused-ring (bicyclic) bond motifs is 3. The lowest BCUT2D eigenvalue weighted by atomic mass is 9.97. The second kappa shape index (κ2) is 10.5. The molecule has 32 heavy (non-hydrogen) atoms. The molecule has 0 saturated carbocycles. The molecule has 1 aromatic carbocycles. The summed E-state index contributed by atoms with van der Waals surface area (Å²) in [5.74, 6) is 2.30. The Kier molecular flexibility index (Phi) is 7.46. The topological polar surface area (TPSA) is 53.9 Å². The van der Waals surface area contributed by atoms with Crippen LogP contribution in [0.25, 0.3) is 0 Å². The SMILES string of the molecule is CCN1CCCc2cc3c(cc21)OC1=CCC(CCCNCCCC(=O)C(C)C)=CC1=N3. The fourth-order valence-electron chi connectivity index (χ4n) is 4.67. The zero-order valence-corrected chi connectivity index (χ0v) is 19.9. The van der Waals surface area contributed by atoms with Crippen molar-refractivity contribution in [1.29, 1.82) is 0 Å². The van der Waals surface area contributed by atoms with Crippen molar-refractivity contribution in [3.05, 3.63) is 41.2 Å². The van der Waals surface area contributed by atoms with Crippen LogP contribution in [0.4, 0.5) is 11.4 Å². The third-order valence-electron chi connectivity index (χ3n) is 6.63. The fraction of sp³-hybridized carbons (Fsp3) is 0.556. The maximum absolute atomic E-state index is 11.7. The van der Waals surface area contributed by atoms with E-state index >= 15 is 0 Å². The van der Waals surface area contributed by atoms with Crippen LogP contribution in [-0.2, 0) is 11.2 Å². The van der Waals surface area contributed by atoms with Gasteiger partial charge < -0.3 is 15.0 Å². The summed E-state index contributed by atoms with van der Waals surface area (Å²) in [6.07, 6.45) is 11.4. The average Bonchev–Trinajstić information content (AvgIpc) is 2.80. The Morgan fingerprint density at radius 3 is 2.91 bits per heavy atom. The van der Waals surface area contributed by atoms with Crippen molar-refractivity contribution >= 4 is 22.9 Å². The average molecular weight is 436 g/mol. The van der Waals surface area contributed by atoms with Crippen molar-refractivity contribution in [2.24, 2.45) is 10.9 Å². The van der Waals surface area contributed by atoms with Gasteiger partial charge >= 0.3 is 0 Å². The van der Waals surface area contributed by atoms with Crippen LogP contribution in [0.2, 0.25) is 0 Å². The first kappa shape index (κ1) is 22.8. The molecule has 0 aromatic heterocycles. The molecule has 0 amide bonds. The van der Waals surface area contributed by atoms with Gasteiger partial charge in [0.25, 0.3) is 0 Å². The number of allylic oxidation sites excluding steroid dienone is 3. The lowest BCUT2D eigenvalue weighted by Gasteiger charge is -2.32. The van der Waals surface area contributed by atoms with Gasteiger partial charge in [0.1, 0.15) is 22.9 Å². The van der Waals surface area contributed by atoms with E-state index in [2.05, 4.69) is 41.4 Å². The summed E-state index contributed by atoms with van der Waals surface area (Å²) in [7, 11) is 0. The fourth-order valence-corrected chi connectivity index (χ4v) is 4.67. The number of ether oxygens (including phenoxy) is 1. The largest absolute Gasteiger partial charge is 0.453 e. The molecule has 3 aliphatic rings. The quantitative estimate of drug-likeness (QED) is 0.492. The lowest BCUT2D eigenvalue weighted by Crippen LogP contribution is -2.29. The normalized spacial score (nSPS) is 17.0. The highest BCUT2D eigenvalue weighted by Gasteiger charge is 2.25. The van der Waals surface area contributed by atoms with Gasteiger partial charge in [-0.05, 0) is 82.3 Å². The van der Waals surface area contributed by atoms with Crippen LogP contribution in [0, 0.1) is 5.92 Å². The van der Waals surface area contributed by atoms with E-state index in [-0.39, 0.29) is 5.92 Å². The van der Waals surface area contributed by atoms with Crippen LogP contribution in [0.5, 0.6) is 5.75 Å². The van der Waals surface area contributed by atoms with Crippen LogP contribution in [0.3, 0.4) is 0 Å². The van der Waals surface area contributed by atoms with Crippen molar-refractivity contribution in [2.45, 2.75) is 65.7 Å². The van der Waals surface area contributed by atoms with E-state index in [9.17, 15) is 4.79 Å². The van der Waals surface area contributed by atoms with Crippen LogP contribution in [0.1, 0.15) is 64.9 Å². The number of aliphatic imine (C=N–C) groups is 1. The second-order valence-corrected chi connectivity index (χ2v) is 9.38. The van der Waals surface area contributed by atoms with Gasteiger partial charge in [0, 0.05) is 37.2 Å². The van der Waals surface area contributed by atoms with Crippen LogP contribution in [-0.4, -0.2) is 37.7 Å². The Labute approximate surface area is 192 Å². The number of hydrogen-bond donors (Lipinski definition) is 1. The molecule has 0 bridgehead atoms. The molecule has 1 N–H and O–H groups in total. The van der Waals surface area contributed by atoms with Crippen molar-refractivity contribution < 1.29 is 9.53 Å². The van der Waals surface area contributed by atoms with Gasteiger partial charge in [-0.15, -0.1) is 0 Å². The number of ketones is 1. The van der Waals surface area contributed by atoms with Gasteiger partial charge in [-0.3, -0.25) is 4.79 Å². The summed E-state index contributed by atoms with van der Waals surface area (Å²) >= 11 is 0. The summed E-state index contributed by atoms with van der Waals surface area (Å²) in [5.41, 5.74) is 6.03. The summed E-state index contributed by atoms with van der Waals surface area (Å²) < 4.78 is 6.27. The molecule has 0 spiro atoms. The smallest absolute Gasteiger partial charge is 0.155 e. The predicted molar refractivity (Wildman–Crippen MR) is 132 cm³/mol. The number of benzene rings is 1. The molecule has 4 rings (SSSR count). The van der Waals surface area contributed by atoms with Crippen LogP contribution < -0.4 is 15.0 Å². The van der Waals surface area contributed by atoms with Gasteiger partial charge in [0.05, 0.1) is 0 Å². The molecule has 0 radical (unpaired) electrons. The van der Waals surface area contributed by atoms with E-state index in [1.165, 1.54) is 23.2 Å². The Morgan fingerprint density at radius 1 is 1.25 bits per heavy atom. The first-order valence-corrected chi connectivity index (χ1v) is 12.4. The molecule has 5 nitrogen and oxygen atoms in total. The molecule has 2 aliphatic heterocycles. The lowest BCUT2D eigenvalue weighted by molar-refractivity contribution is -0.121. The first-order chi connectivity index (χ1) is 15.5. The minimum atomic E-state index is 0.154. The number of aryl methyl sites for hydroxylation is 1. The minimum absolute atomic E-state index is 0.154. The first-order valence-electron chi connectivity index (χ1n) is 12.4. The molecule has 0 atom stereocenters. The van der Waals surface area contributed by atoms with Gasteiger partial charge in [0.2, 0.25) is 0 Å². The minimum Gasteiger partial charge on any atom is -0.453 e. The Morgan fingerprint density at radius 2 is 2.09 bits per heavy atom. The third kappa shape index (κ3) is 5.32. The van der Waals surface area contributed by atoms with Crippen molar-refractivity contribution in [3.63, 3.8) is 0 Å². The van der Waals surface area contributed by atoms with E-state index in [0.29, 0.717) is 12.2 Å². The van der Waals surface area contributed by atoms with Crippen molar-refractivity contribution in [3.8, 4) is 5.75 Å². The Hall–Kier alpha value is -2.40. The Bertz CT molecular complexity index is 942. The zero-order chi connectivity index (χ0) is 22.5. The molecule has 2 heterocycles. The summed E-state index contributed by atoms with van der Waals surface area (Å²) in [4.78, 5) is 19.1. The van der Waals surface area contributed by atoms with E-state index in [4.69, 9.17) is 9.73 Å². The van der Waals surface area contributed by atoms with Crippen LogP contribution >= 0.6 is 0 Å². The second-order valence-electron chi connectivity index (χ2n) is 9.38. The number of carbonyl (C=O) groups is 1. The maximum Gasteiger partial charge on any atom is 0.155 e. The molecular weight excluding hydrogens is 398 g/mol. The number of rotatable bonds is 10.